The van der Waals surface area contributed by atoms with Gasteiger partial charge in [0, 0.05) is 17.1 Å². The predicted octanol–water partition coefficient (Wildman–Crippen LogP) is 3.96. The summed E-state index contributed by atoms with van der Waals surface area (Å²) < 4.78 is 0. The molecule has 0 aliphatic carbocycles. The van der Waals surface area contributed by atoms with Gasteiger partial charge in [-0.3, -0.25) is 0 Å². The van der Waals surface area contributed by atoms with Gasteiger partial charge in [0.05, 0.1) is 0 Å². The topological polar surface area (TPSA) is 0 Å². The van der Waals surface area contributed by atoms with Crippen molar-refractivity contribution in [3.8, 4) is 0 Å². The van der Waals surface area contributed by atoms with Crippen LogP contribution in [0.3, 0.4) is 0 Å². The molecule has 0 amide bonds. The normalized spacial score (nSPS) is 8.80. The van der Waals surface area contributed by atoms with Gasteiger partial charge in [-0.2, -0.15) is 12.1 Å². The van der Waals surface area contributed by atoms with Gasteiger partial charge in [0.2, 0.25) is 0 Å². The maximum Gasteiger partial charge on any atom is 0 e. The Morgan fingerprint density at radius 1 is 0.733 bits per heavy atom. The first-order valence-electron chi connectivity index (χ1n) is 4.74. The molecule has 0 saturated carbocycles. The molecule has 0 heterocycles. The van der Waals surface area contributed by atoms with E-state index in [1.807, 2.05) is 30.3 Å². The molecule has 0 unspecified atom stereocenters. The van der Waals surface area contributed by atoms with Crippen LogP contribution in [0.15, 0.2) is 72.8 Å². The predicted molar refractivity (Wildman–Crippen MR) is 61.6 cm³/mol. The Balaban J connectivity index is 0.000000162. The molecule has 0 saturated heterocycles. The van der Waals surface area contributed by atoms with Gasteiger partial charge in [-0.1, -0.05) is 5.39 Å². The molecule has 0 bridgehead atoms. The maximum atomic E-state index is 2.12. The van der Waals surface area contributed by atoms with Crippen molar-refractivity contribution in [3.63, 3.8) is 0 Å². The monoisotopic (exact) mass is 236 g/mol. The van der Waals surface area contributed by atoms with E-state index in [0.717, 1.165) is 0 Å². The molecule has 0 fully saturated rings. The molecule has 0 spiro atoms. The van der Waals surface area contributed by atoms with E-state index < -0.39 is 0 Å². The van der Waals surface area contributed by atoms with E-state index in [-0.39, 0.29) is 17.1 Å². The molecule has 3 aromatic carbocycles. The molecule has 3 aromatic rings. The second kappa shape index (κ2) is 6.23. The minimum atomic E-state index is 0. The van der Waals surface area contributed by atoms with Crippen LogP contribution in [-0.2, 0) is 17.1 Å². The Kier molecular flexibility index (Phi) is 4.89. The third-order valence-electron chi connectivity index (χ3n) is 2.10. The summed E-state index contributed by atoms with van der Waals surface area (Å²) in [5.74, 6) is 0. The molecule has 0 radical (unpaired) electrons. The second-order valence-corrected chi connectivity index (χ2v) is 3.12. The van der Waals surface area contributed by atoms with Crippen LogP contribution in [0.5, 0.6) is 0 Å². The summed E-state index contributed by atoms with van der Waals surface area (Å²) in [4.78, 5) is 0. The molecule has 0 aliphatic rings. The Labute approximate surface area is 101 Å². The SMILES string of the molecule is [Fe].[cH-]1[cH-][cH-][cH-][cH-]1.c1cc[c-]2cccc2c1. The molecule has 0 aromatic heterocycles. The fourth-order valence-electron chi connectivity index (χ4n) is 1.39. The Bertz CT molecular complexity index is 415. The molecule has 0 N–H and O–H groups in total. The quantitative estimate of drug-likeness (QED) is 0.409. The first-order valence-corrected chi connectivity index (χ1v) is 4.74. The number of hydrogen-bond donors (Lipinski definition) is 0. The summed E-state index contributed by atoms with van der Waals surface area (Å²) in [6.45, 7) is 0. The van der Waals surface area contributed by atoms with Gasteiger partial charge in [0.25, 0.3) is 0 Å². The van der Waals surface area contributed by atoms with Crippen LogP contribution in [0, 0.1) is 0 Å². The van der Waals surface area contributed by atoms with Crippen LogP contribution in [0.25, 0.3) is 10.8 Å². The number of fused-ring (bicyclic) bond motifs is 1. The number of hydrogen-bond acceptors (Lipinski definition) is 0. The van der Waals surface area contributed by atoms with Crippen molar-refractivity contribution in [1.29, 1.82) is 0 Å². The maximum absolute atomic E-state index is 2.12. The van der Waals surface area contributed by atoms with Crippen molar-refractivity contribution in [3.05, 3.63) is 72.8 Å². The van der Waals surface area contributed by atoms with E-state index >= 15 is 0 Å². The Hall–Kier alpha value is -1.30. The smallest absolute Gasteiger partial charge is 0 e. The first-order chi connectivity index (χ1) is 6.97. The second-order valence-electron chi connectivity index (χ2n) is 3.12. The van der Waals surface area contributed by atoms with E-state index in [9.17, 15) is 0 Å². The van der Waals surface area contributed by atoms with Crippen molar-refractivity contribution in [2.75, 3.05) is 0 Å². The van der Waals surface area contributed by atoms with Crippen molar-refractivity contribution in [1.82, 2.24) is 0 Å². The number of benzene rings is 1. The van der Waals surface area contributed by atoms with Crippen molar-refractivity contribution in [2.45, 2.75) is 0 Å². The molecule has 82 valence electrons. The molecular formula is C14H12Fe-6. The van der Waals surface area contributed by atoms with Gasteiger partial charge in [-0.15, -0.1) is 35.7 Å². The molecule has 15 heavy (non-hydrogen) atoms. The van der Waals surface area contributed by atoms with E-state index in [4.69, 9.17) is 0 Å². The van der Waals surface area contributed by atoms with E-state index in [0.29, 0.717) is 0 Å². The van der Waals surface area contributed by atoms with Gasteiger partial charge in [-0.25, -0.2) is 0 Å². The number of rotatable bonds is 0. The fraction of sp³-hybridized carbons (Fsp3) is 0. The molecular weight excluding hydrogens is 224 g/mol. The summed E-state index contributed by atoms with van der Waals surface area (Å²) in [6, 6.07) is 24.7. The summed E-state index contributed by atoms with van der Waals surface area (Å²) in [6.07, 6.45) is 0. The zero-order valence-electron chi connectivity index (χ0n) is 8.28. The molecule has 0 aliphatic heterocycles. The first kappa shape index (κ1) is 11.8. The largest absolute Gasteiger partial charge is 0.748 e. The van der Waals surface area contributed by atoms with Gasteiger partial charge >= 0.3 is 0 Å². The van der Waals surface area contributed by atoms with Crippen LogP contribution in [0.2, 0.25) is 0 Å². The zero-order valence-corrected chi connectivity index (χ0v) is 9.39. The van der Waals surface area contributed by atoms with Crippen LogP contribution in [0.1, 0.15) is 0 Å². The molecule has 0 atom stereocenters. The minimum Gasteiger partial charge on any atom is -0.748 e. The summed E-state index contributed by atoms with van der Waals surface area (Å²) >= 11 is 0. The van der Waals surface area contributed by atoms with Crippen molar-refractivity contribution in [2.24, 2.45) is 0 Å². The summed E-state index contributed by atoms with van der Waals surface area (Å²) in [5.41, 5.74) is 0. The van der Waals surface area contributed by atoms with Crippen LogP contribution < -0.4 is 0 Å². The van der Waals surface area contributed by atoms with Crippen molar-refractivity contribution >= 4 is 10.8 Å². The van der Waals surface area contributed by atoms with Gasteiger partial charge in [0.15, 0.2) is 0 Å². The van der Waals surface area contributed by atoms with E-state index in [2.05, 4.69) is 42.5 Å². The van der Waals surface area contributed by atoms with Gasteiger partial charge in [-0.05, 0) is 0 Å². The standard InChI is InChI=1S/C9H7.C5H5.Fe/c1-2-5-9-7-3-6-8(9)4-1;1-2-4-5-3-1;/h1-7H;1-5H;/q-1;-5;. The Morgan fingerprint density at radius 2 is 1.27 bits per heavy atom. The van der Waals surface area contributed by atoms with Gasteiger partial charge in [0.1, 0.15) is 0 Å². The van der Waals surface area contributed by atoms with Gasteiger partial charge < -0.3 is 30.3 Å². The average Bonchev–Trinajstić information content (AvgIpc) is 2.92. The van der Waals surface area contributed by atoms with E-state index in [1.54, 1.807) is 0 Å². The molecule has 0 nitrogen and oxygen atoms in total. The third kappa shape index (κ3) is 3.39. The van der Waals surface area contributed by atoms with Crippen LogP contribution in [-0.4, -0.2) is 0 Å². The zero-order chi connectivity index (χ0) is 9.64. The Morgan fingerprint density at radius 3 is 1.87 bits per heavy atom. The fourth-order valence-corrected chi connectivity index (χ4v) is 1.39. The summed E-state index contributed by atoms with van der Waals surface area (Å²) in [7, 11) is 0. The third-order valence-corrected chi connectivity index (χ3v) is 2.10. The molecule has 1 heteroatoms. The van der Waals surface area contributed by atoms with Crippen LogP contribution in [0.4, 0.5) is 0 Å². The molecule has 3 rings (SSSR count). The minimum absolute atomic E-state index is 0. The summed E-state index contributed by atoms with van der Waals surface area (Å²) in [5, 5.41) is 2.66. The van der Waals surface area contributed by atoms with Crippen LogP contribution >= 0.6 is 0 Å². The van der Waals surface area contributed by atoms with E-state index in [1.165, 1.54) is 10.8 Å². The average molecular weight is 236 g/mol. The van der Waals surface area contributed by atoms with Crippen molar-refractivity contribution < 1.29 is 17.1 Å².